The highest BCUT2D eigenvalue weighted by molar-refractivity contribution is 9.10. The Morgan fingerprint density at radius 3 is 2.15 bits per heavy atom. The van der Waals surface area contributed by atoms with E-state index in [0.717, 1.165) is 4.47 Å². The number of hydrogen-bond acceptors (Lipinski definition) is 6. The third kappa shape index (κ3) is 4.10. The largest absolute Gasteiger partial charge is 0.507 e. The maximum atomic E-state index is 13.1. The molecule has 166 valence electrons. The van der Waals surface area contributed by atoms with Gasteiger partial charge in [0.15, 0.2) is 0 Å². The zero-order chi connectivity index (χ0) is 23.7. The summed E-state index contributed by atoms with van der Waals surface area (Å²) in [4.78, 5) is 37.9. The van der Waals surface area contributed by atoms with Crippen molar-refractivity contribution >= 4 is 44.8 Å². The van der Waals surface area contributed by atoms with Crippen molar-refractivity contribution in [2.45, 2.75) is 6.04 Å². The second-order valence-electron chi connectivity index (χ2n) is 7.22. The summed E-state index contributed by atoms with van der Waals surface area (Å²) in [6.45, 7) is 0. The number of ketones is 1. The number of ether oxygens (including phenoxy) is 1. The number of non-ortho nitro benzene ring substituents is 1. The summed E-state index contributed by atoms with van der Waals surface area (Å²) in [6.07, 6.45) is 0. The number of nitro groups is 1. The molecule has 0 spiro atoms. The van der Waals surface area contributed by atoms with Crippen molar-refractivity contribution in [2.24, 2.45) is 0 Å². The second-order valence-corrected chi connectivity index (χ2v) is 8.14. The van der Waals surface area contributed by atoms with Crippen molar-refractivity contribution in [3.63, 3.8) is 0 Å². The predicted octanol–water partition coefficient (Wildman–Crippen LogP) is 4.99. The van der Waals surface area contributed by atoms with Gasteiger partial charge in [0.2, 0.25) is 0 Å². The van der Waals surface area contributed by atoms with E-state index in [1.807, 2.05) is 0 Å². The van der Waals surface area contributed by atoms with E-state index in [0.29, 0.717) is 17.0 Å². The Morgan fingerprint density at radius 2 is 1.61 bits per heavy atom. The summed E-state index contributed by atoms with van der Waals surface area (Å²) in [5.41, 5.74) is 0.988. The molecule has 33 heavy (non-hydrogen) atoms. The number of methoxy groups -OCH3 is 1. The average Bonchev–Trinajstić information content (AvgIpc) is 3.09. The maximum absolute atomic E-state index is 13.1. The van der Waals surface area contributed by atoms with Gasteiger partial charge in [-0.2, -0.15) is 0 Å². The molecule has 1 aliphatic rings. The van der Waals surface area contributed by atoms with Crippen LogP contribution in [0, 0.1) is 10.1 Å². The molecule has 9 heteroatoms. The zero-order valence-electron chi connectivity index (χ0n) is 17.3. The first-order valence-corrected chi connectivity index (χ1v) is 10.6. The van der Waals surface area contributed by atoms with Gasteiger partial charge >= 0.3 is 0 Å². The molecule has 0 aliphatic carbocycles. The van der Waals surface area contributed by atoms with Crippen molar-refractivity contribution < 1.29 is 24.4 Å². The van der Waals surface area contributed by atoms with Crippen molar-refractivity contribution in [3.05, 3.63) is 104 Å². The van der Waals surface area contributed by atoms with Crippen LogP contribution in [-0.2, 0) is 9.59 Å². The van der Waals surface area contributed by atoms with Crippen LogP contribution in [0.25, 0.3) is 5.76 Å². The van der Waals surface area contributed by atoms with E-state index in [-0.39, 0.29) is 16.8 Å². The molecule has 1 amide bonds. The van der Waals surface area contributed by atoms with E-state index < -0.39 is 28.4 Å². The molecule has 1 heterocycles. The average molecular weight is 509 g/mol. The number of hydrogen-bond donors (Lipinski definition) is 1. The number of aliphatic hydroxyl groups excluding tert-OH is 1. The van der Waals surface area contributed by atoms with Gasteiger partial charge in [-0.15, -0.1) is 0 Å². The van der Waals surface area contributed by atoms with Gasteiger partial charge in [-0.3, -0.25) is 24.6 Å². The van der Waals surface area contributed by atoms with Gasteiger partial charge < -0.3 is 9.84 Å². The fraction of sp³-hybridized carbons (Fsp3) is 0.0833. The van der Waals surface area contributed by atoms with Gasteiger partial charge in [0, 0.05) is 27.9 Å². The SMILES string of the molecule is COc1ccc(N2C(=O)C(=O)/C(=C(/O)c3ccc([N+](=O)[O-])cc3)[C@@H]2c2ccc(Br)cc2)cc1. The molecule has 1 N–H and O–H groups in total. The lowest BCUT2D eigenvalue weighted by molar-refractivity contribution is -0.384. The van der Waals surface area contributed by atoms with Gasteiger partial charge in [0.05, 0.1) is 23.6 Å². The molecule has 0 bridgehead atoms. The minimum Gasteiger partial charge on any atom is -0.507 e. The number of carbonyl (C=O) groups excluding carboxylic acids is 2. The molecule has 8 nitrogen and oxygen atoms in total. The number of carbonyl (C=O) groups is 2. The summed E-state index contributed by atoms with van der Waals surface area (Å²) >= 11 is 3.38. The summed E-state index contributed by atoms with van der Waals surface area (Å²) < 4.78 is 5.98. The Bertz CT molecular complexity index is 1270. The molecular formula is C24H17BrN2O6. The molecule has 1 atom stereocenters. The highest BCUT2D eigenvalue weighted by Gasteiger charge is 2.47. The van der Waals surface area contributed by atoms with Crippen molar-refractivity contribution in [1.29, 1.82) is 0 Å². The van der Waals surface area contributed by atoms with Crippen LogP contribution in [0.15, 0.2) is 82.8 Å². The number of rotatable bonds is 5. The summed E-state index contributed by atoms with van der Waals surface area (Å²) in [5.74, 6) is -1.47. The van der Waals surface area contributed by atoms with Crippen LogP contribution in [0.2, 0.25) is 0 Å². The van der Waals surface area contributed by atoms with Crippen LogP contribution in [0.3, 0.4) is 0 Å². The number of amides is 1. The molecule has 3 aromatic rings. The van der Waals surface area contributed by atoms with Crippen LogP contribution < -0.4 is 9.64 Å². The van der Waals surface area contributed by atoms with Crippen LogP contribution in [0.5, 0.6) is 5.75 Å². The Kier molecular flexibility index (Phi) is 5.97. The lowest BCUT2D eigenvalue weighted by Gasteiger charge is -2.25. The smallest absolute Gasteiger partial charge is 0.300 e. The summed E-state index contributed by atoms with van der Waals surface area (Å²) in [6, 6.07) is 17.9. The monoisotopic (exact) mass is 508 g/mol. The number of nitro benzene ring substituents is 1. The normalized spacial score (nSPS) is 17.3. The number of nitrogens with zero attached hydrogens (tertiary/aromatic N) is 2. The van der Waals surface area contributed by atoms with Crippen molar-refractivity contribution in [2.75, 3.05) is 12.0 Å². The Morgan fingerprint density at radius 1 is 1.00 bits per heavy atom. The Labute approximate surface area is 197 Å². The molecule has 4 rings (SSSR count). The summed E-state index contributed by atoms with van der Waals surface area (Å²) in [5, 5.41) is 22.0. The first-order valence-electron chi connectivity index (χ1n) is 9.77. The standard InChI is InChI=1S/C24H17BrN2O6/c1-33-19-12-10-17(11-13-19)26-21(14-2-6-16(25)7-3-14)20(23(29)24(26)30)22(28)15-4-8-18(9-5-15)27(31)32/h2-13,21,28H,1H3/b22-20+/t21-/m0/s1. The van der Waals surface area contributed by atoms with Gasteiger partial charge in [0.25, 0.3) is 17.4 Å². The molecule has 0 aromatic heterocycles. The number of halogens is 1. The van der Waals surface area contributed by atoms with Gasteiger partial charge in [-0.1, -0.05) is 28.1 Å². The molecule has 1 aliphatic heterocycles. The first kappa shape index (κ1) is 22.2. The molecular weight excluding hydrogens is 492 g/mol. The highest BCUT2D eigenvalue weighted by Crippen LogP contribution is 2.42. The van der Waals surface area contributed by atoms with E-state index >= 15 is 0 Å². The van der Waals surface area contributed by atoms with Gasteiger partial charge in [-0.25, -0.2) is 0 Å². The maximum Gasteiger partial charge on any atom is 0.300 e. The van der Waals surface area contributed by atoms with E-state index in [1.54, 1.807) is 48.5 Å². The predicted molar refractivity (Wildman–Crippen MR) is 125 cm³/mol. The van der Waals surface area contributed by atoms with Crippen LogP contribution in [0.4, 0.5) is 11.4 Å². The minimum absolute atomic E-state index is 0.105. The van der Waals surface area contributed by atoms with Crippen LogP contribution in [-0.4, -0.2) is 28.8 Å². The van der Waals surface area contributed by atoms with Gasteiger partial charge in [0.1, 0.15) is 11.5 Å². The van der Waals surface area contributed by atoms with E-state index in [9.17, 15) is 24.8 Å². The van der Waals surface area contributed by atoms with Crippen molar-refractivity contribution in [1.82, 2.24) is 0 Å². The molecule has 1 saturated heterocycles. The molecule has 0 unspecified atom stereocenters. The third-order valence-corrected chi connectivity index (χ3v) is 5.86. The topological polar surface area (TPSA) is 110 Å². The van der Waals surface area contributed by atoms with Crippen LogP contribution >= 0.6 is 15.9 Å². The molecule has 1 fully saturated rings. The van der Waals surface area contributed by atoms with Crippen molar-refractivity contribution in [3.8, 4) is 5.75 Å². The Balaban J connectivity index is 1.89. The fourth-order valence-electron chi connectivity index (χ4n) is 3.70. The number of aliphatic hydroxyl groups is 1. The molecule has 0 radical (unpaired) electrons. The molecule has 0 saturated carbocycles. The third-order valence-electron chi connectivity index (χ3n) is 5.33. The van der Waals surface area contributed by atoms with Crippen LogP contribution in [0.1, 0.15) is 17.2 Å². The first-order chi connectivity index (χ1) is 15.8. The lowest BCUT2D eigenvalue weighted by Crippen LogP contribution is -2.29. The minimum atomic E-state index is -0.901. The fourth-order valence-corrected chi connectivity index (χ4v) is 3.96. The lowest BCUT2D eigenvalue weighted by atomic mass is 9.95. The van der Waals surface area contributed by atoms with E-state index in [1.165, 1.54) is 36.3 Å². The highest BCUT2D eigenvalue weighted by atomic mass is 79.9. The Hall–Kier alpha value is -3.98. The summed E-state index contributed by atoms with van der Waals surface area (Å²) in [7, 11) is 1.52. The quantitative estimate of drug-likeness (QED) is 0.171. The van der Waals surface area contributed by atoms with Gasteiger partial charge in [-0.05, 0) is 54.1 Å². The number of Topliss-reactive ketones (excluding diaryl/α,β-unsaturated/α-hetero) is 1. The molecule has 3 aromatic carbocycles. The number of benzene rings is 3. The van der Waals surface area contributed by atoms with E-state index in [2.05, 4.69) is 15.9 Å². The second kappa shape index (κ2) is 8.87. The van der Waals surface area contributed by atoms with E-state index in [4.69, 9.17) is 4.74 Å². The zero-order valence-corrected chi connectivity index (χ0v) is 18.9. The number of anilines is 1.